The first-order valence-electron chi connectivity index (χ1n) is 3.44. The fourth-order valence-electron chi connectivity index (χ4n) is 0.996. The van der Waals surface area contributed by atoms with E-state index in [1.54, 1.807) is 0 Å². The monoisotopic (exact) mass is 180 g/mol. The van der Waals surface area contributed by atoms with E-state index in [9.17, 15) is 0 Å². The van der Waals surface area contributed by atoms with Gasteiger partial charge in [0.25, 0.3) is 0 Å². The largest absolute Gasteiger partial charge is 0.383 e. The summed E-state index contributed by atoms with van der Waals surface area (Å²) in [4.78, 5) is 0. The predicted octanol–water partition coefficient (Wildman–Crippen LogP) is 1.11. The minimum absolute atomic E-state index is 0.406. The zero-order valence-corrected chi connectivity index (χ0v) is 9.19. The van der Waals surface area contributed by atoms with Gasteiger partial charge in [0, 0.05) is 0 Å². The van der Waals surface area contributed by atoms with E-state index in [4.69, 9.17) is 8.43 Å². The van der Waals surface area contributed by atoms with Crippen molar-refractivity contribution in [3.8, 4) is 0 Å². The molecule has 2 atom stereocenters. The molecule has 5 heteroatoms. The van der Waals surface area contributed by atoms with Crippen molar-refractivity contribution in [3.05, 3.63) is 0 Å². The van der Waals surface area contributed by atoms with Crippen LogP contribution in [0.5, 0.6) is 0 Å². The summed E-state index contributed by atoms with van der Waals surface area (Å²) in [5.41, 5.74) is 0. The predicted molar refractivity (Wildman–Crippen MR) is 45.7 cm³/mol. The second-order valence-corrected chi connectivity index (χ2v) is 12.5. The fraction of sp³-hybridized carbons (Fsp3) is 1.00. The van der Waals surface area contributed by atoms with Crippen molar-refractivity contribution in [3.63, 3.8) is 0 Å². The molecule has 0 radical (unpaired) electrons. The Morgan fingerprint density at radius 3 is 1.89 bits per heavy atom. The van der Waals surface area contributed by atoms with E-state index in [1.165, 1.54) is 12.1 Å². The molecule has 0 saturated carbocycles. The third-order valence-electron chi connectivity index (χ3n) is 1.62. The molecule has 1 rings (SSSR count). The molecule has 1 heterocycles. The third-order valence-corrected chi connectivity index (χ3v) is 15.0. The highest BCUT2D eigenvalue weighted by atomic mass is 31.1. The molecule has 1 fully saturated rings. The van der Waals surface area contributed by atoms with Crippen molar-refractivity contribution in [2.24, 2.45) is 0 Å². The van der Waals surface area contributed by atoms with E-state index < -0.39 is 17.1 Å². The molecule has 54 valence electrons. The Kier molecular flexibility index (Phi) is 3.36. The van der Waals surface area contributed by atoms with Gasteiger partial charge in [-0.2, -0.15) is 0 Å². The van der Waals surface area contributed by atoms with Crippen LogP contribution < -0.4 is 0 Å². The maximum absolute atomic E-state index is 5.51. The standard InChI is InChI=1S/C4H13O2PSi2/c1-3-8-5-7-6-9(8)4-2/h7-9H,3-4H2,1-2H3. The van der Waals surface area contributed by atoms with Gasteiger partial charge in [0.1, 0.15) is 9.03 Å². The van der Waals surface area contributed by atoms with Crippen molar-refractivity contribution < 1.29 is 8.43 Å². The van der Waals surface area contributed by atoms with Gasteiger partial charge >= 0.3 is 0 Å². The van der Waals surface area contributed by atoms with Crippen LogP contribution in [-0.4, -0.2) is 17.1 Å². The maximum Gasteiger partial charge on any atom is 0.201 e. The molecule has 0 aromatic rings. The van der Waals surface area contributed by atoms with E-state index in [-0.39, 0.29) is 0 Å². The van der Waals surface area contributed by atoms with Crippen LogP contribution in [0.25, 0.3) is 0 Å². The molecule has 2 unspecified atom stereocenters. The van der Waals surface area contributed by atoms with Crippen LogP contribution in [0.1, 0.15) is 13.8 Å². The quantitative estimate of drug-likeness (QED) is 0.468. The fourth-order valence-corrected chi connectivity index (χ4v) is 13.2. The third kappa shape index (κ3) is 1.85. The Hall–Kier alpha value is 0.784. The van der Waals surface area contributed by atoms with Crippen molar-refractivity contribution in [2.45, 2.75) is 25.9 Å². The van der Waals surface area contributed by atoms with Crippen LogP contribution in [0.4, 0.5) is 0 Å². The van der Waals surface area contributed by atoms with Crippen molar-refractivity contribution in [2.75, 3.05) is 0 Å². The SMILES string of the molecule is CC[SiH]1OPO[SiH]1CC. The first-order chi connectivity index (χ1) is 4.38. The molecule has 1 aliphatic rings. The zero-order chi connectivity index (χ0) is 6.69. The van der Waals surface area contributed by atoms with Crippen LogP contribution in [0.15, 0.2) is 0 Å². The molecule has 2 nitrogen and oxygen atoms in total. The highest BCUT2D eigenvalue weighted by molar-refractivity contribution is 7.42. The van der Waals surface area contributed by atoms with Gasteiger partial charge in [-0.15, -0.1) is 0 Å². The minimum atomic E-state index is -0.746. The van der Waals surface area contributed by atoms with Crippen molar-refractivity contribution in [1.29, 1.82) is 0 Å². The first-order valence-corrected chi connectivity index (χ1v) is 9.50. The molecule has 1 saturated heterocycles. The van der Waals surface area contributed by atoms with Gasteiger partial charge in [-0.05, 0) is 12.1 Å². The summed E-state index contributed by atoms with van der Waals surface area (Å²) in [6.45, 7) is 4.46. The lowest BCUT2D eigenvalue weighted by Gasteiger charge is -2.06. The molecule has 0 aromatic heterocycles. The Balaban J connectivity index is 2.32. The molecule has 0 spiro atoms. The van der Waals surface area contributed by atoms with Crippen LogP contribution >= 0.6 is 9.03 Å². The van der Waals surface area contributed by atoms with Crippen molar-refractivity contribution in [1.82, 2.24) is 0 Å². The molecule has 0 amide bonds. The first kappa shape index (κ1) is 7.89. The topological polar surface area (TPSA) is 18.5 Å². The summed E-state index contributed by atoms with van der Waals surface area (Å²) in [5.74, 6) is 0. The lowest BCUT2D eigenvalue weighted by atomic mass is 11.0. The van der Waals surface area contributed by atoms with E-state index in [2.05, 4.69) is 13.8 Å². The lowest BCUT2D eigenvalue weighted by Crippen LogP contribution is -2.30. The zero-order valence-electron chi connectivity index (χ0n) is 5.89. The molecule has 0 N–H and O–H groups in total. The molecule has 9 heavy (non-hydrogen) atoms. The average Bonchev–Trinajstić information content (AvgIpc) is 2.33. The van der Waals surface area contributed by atoms with E-state index in [1.807, 2.05) is 0 Å². The number of hydrogen-bond donors (Lipinski definition) is 0. The molecule has 0 aliphatic carbocycles. The van der Waals surface area contributed by atoms with Crippen LogP contribution in [0.3, 0.4) is 0 Å². The molecular formula is C4H13O2PSi2. The number of hydrogen-bond acceptors (Lipinski definition) is 2. The van der Waals surface area contributed by atoms with Gasteiger partial charge < -0.3 is 8.43 Å². The molecule has 0 aromatic carbocycles. The summed E-state index contributed by atoms with van der Waals surface area (Å²) < 4.78 is 11.0. The Bertz CT molecular complexity index is 82.6. The van der Waals surface area contributed by atoms with E-state index in [0.717, 1.165) is 0 Å². The van der Waals surface area contributed by atoms with Crippen LogP contribution in [0, 0.1) is 0 Å². The minimum Gasteiger partial charge on any atom is -0.383 e. The summed E-state index contributed by atoms with van der Waals surface area (Å²) >= 11 is 0. The molecular weight excluding hydrogens is 167 g/mol. The van der Waals surface area contributed by atoms with E-state index in [0.29, 0.717) is 9.03 Å². The Morgan fingerprint density at radius 2 is 1.56 bits per heavy atom. The summed E-state index contributed by atoms with van der Waals surface area (Å²) in [5, 5.41) is 0. The Labute approximate surface area is 61.1 Å². The van der Waals surface area contributed by atoms with Crippen molar-refractivity contribution >= 4 is 26.2 Å². The second kappa shape index (κ2) is 3.83. The van der Waals surface area contributed by atoms with Crippen LogP contribution in [0.2, 0.25) is 12.1 Å². The van der Waals surface area contributed by atoms with Gasteiger partial charge in [0.15, 0.2) is 0 Å². The van der Waals surface area contributed by atoms with Gasteiger partial charge in [-0.3, -0.25) is 0 Å². The van der Waals surface area contributed by atoms with Gasteiger partial charge in [0.05, 0.1) is 0 Å². The van der Waals surface area contributed by atoms with Gasteiger partial charge in [0.2, 0.25) is 17.1 Å². The number of rotatable bonds is 2. The summed E-state index contributed by atoms with van der Waals surface area (Å²) in [6, 6.07) is 2.55. The maximum atomic E-state index is 5.51. The van der Waals surface area contributed by atoms with Crippen LogP contribution in [-0.2, 0) is 8.43 Å². The normalized spacial score (nSPS) is 38.0. The average molecular weight is 180 g/mol. The van der Waals surface area contributed by atoms with E-state index >= 15 is 0 Å². The smallest absolute Gasteiger partial charge is 0.201 e. The second-order valence-electron chi connectivity index (χ2n) is 2.21. The lowest BCUT2D eigenvalue weighted by molar-refractivity contribution is 0.589. The molecule has 0 bridgehead atoms. The molecule has 1 aliphatic heterocycles. The van der Waals surface area contributed by atoms with Gasteiger partial charge in [-0.25, -0.2) is 0 Å². The van der Waals surface area contributed by atoms with Gasteiger partial charge in [-0.1, -0.05) is 13.8 Å². The summed E-state index contributed by atoms with van der Waals surface area (Å²) in [7, 11) is -1.09. The highest BCUT2D eigenvalue weighted by Gasteiger charge is 2.30. The Morgan fingerprint density at radius 1 is 1.11 bits per heavy atom. The highest BCUT2D eigenvalue weighted by Crippen LogP contribution is 2.29. The summed E-state index contributed by atoms with van der Waals surface area (Å²) in [6.07, 6.45) is 0.